The van der Waals surface area contributed by atoms with Gasteiger partial charge in [-0.05, 0) is 63.4 Å². The van der Waals surface area contributed by atoms with Crippen LogP contribution in [0.4, 0.5) is 0 Å². The van der Waals surface area contributed by atoms with Crippen LogP contribution in [0, 0.1) is 6.92 Å². The molecule has 2 amide bonds. The summed E-state index contributed by atoms with van der Waals surface area (Å²) in [7, 11) is 0. The van der Waals surface area contributed by atoms with Gasteiger partial charge in [-0.2, -0.15) is 0 Å². The van der Waals surface area contributed by atoms with Crippen molar-refractivity contribution in [3.63, 3.8) is 0 Å². The van der Waals surface area contributed by atoms with E-state index < -0.39 is 6.04 Å². The second-order valence-corrected chi connectivity index (χ2v) is 8.82. The van der Waals surface area contributed by atoms with Crippen LogP contribution in [-0.2, 0) is 16.1 Å². The van der Waals surface area contributed by atoms with E-state index in [4.69, 9.17) is 4.74 Å². The molecule has 2 aromatic carbocycles. The molecular formula is C25H33BrN2O3. The molecule has 5 nitrogen and oxygen atoms in total. The molecular weight excluding hydrogens is 456 g/mol. The second-order valence-electron chi connectivity index (χ2n) is 7.91. The number of aryl methyl sites for hydroxylation is 1. The summed E-state index contributed by atoms with van der Waals surface area (Å²) in [5.41, 5.74) is 2.16. The SMILES string of the molecule is CC[C@@H](C)NC(=O)[C@H](C)N(Cc1ccc(Br)cc1)C(=O)CCCOc1ccc(C)cc1. The fourth-order valence-corrected chi connectivity index (χ4v) is 3.29. The molecule has 0 saturated carbocycles. The first kappa shape index (κ1) is 24.9. The van der Waals surface area contributed by atoms with Crippen molar-refractivity contribution in [1.82, 2.24) is 10.2 Å². The Kier molecular flexibility index (Phi) is 10.0. The van der Waals surface area contributed by atoms with E-state index in [1.807, 2.05) is 69.3 Å². The van der Waals surface area contributed by atoms with E-state index in [1.165, 1.54) is 5.56 Å². The largest absolute Gasteiger partial charge is 0.494 e. The number of ether oxygens (including phenoxy) is 1. The van der Waals surface area contributed by atoms with E-state index in [-0.39, 0.29) is 17.9 Å². The first-order valence-corrected chi connectivity index (χ1v) is 11.6. The van der Waals surface area contributed by atoms with Gasteiger partial charge in [0.1, 0.15) is 11.8 Å². The van der Waals surface area contributed by atoms with Gasteiger partial charge in [-0.15, -0.1) is 0 Å². The predicted octanol–water partition coefficient (Wildman–Crippen LogP) is 5.25. The summed E-state index contributed by atoms with van der Waals surface area (Å²) < 4.78 is 6.72. The molecule has 0 bridgehead atoms. The minimum atomic E-state index is -0.553. The van der Waals surface area contributed by atoms with Crippen LogP contribution < -0.4 is 10.1 Å². The number of nitrogens with zero attached hydrogens (tertiary/aromatic N) is 1. The lowest BCUT2D eigenvalue weighted by atomic mass is 10.1. The predicted molar refractivity (Wildman–Crippen MR) is 128 cm³/mol. The first-order chi connectivity index (χ1) is 14.8. The minimum Gasteiger partial charge on any atom is -0.494 e. The maximum atomic E-state index is 13.1. The highest BCUT2D eigenvalue weighted by atomic mass is 79.9. The third-order valence-corrected chi connectivity index (χ3v) is 5.79. The normalized spacial score (nSPS) is 12.7. The second kappa shape index (κ2) is 12.5. The van der Waals surface area contributed by atoms with Crippen LogP contribution in [0.15, 0.2) is 53.0 Å². The molecule has 2 rings (SSSR count). The fourth-order valence-electron chi connectivity index (χ4n) is 3.03. The number of nitrogens with one attached hydrogen (secondary N) is 1. The van der Waals surface area contributed by atoms with Crippen LogP contribution in [-0.4, -0.2) is 35.4 Å². The lowest BCUT2D eigenvalue weighted by Crippen LogP contribution is -2.49. The van der Waals surface area contributed by atoms with Crippen molar-refractivity contribution in [2.75, 3.05) is 6.61 Å². The molecule has 31 heavy (non-hydrogen) atoms. The number of carbonyl (C=O) groups is 2. The maximum Gasteiger partial charge on any atom is 0.242 e. The molecule has 0 aliphatic heterocycles. The maximum absolute atomic E-state index is 13.1. The van der Waals surface area contributed by atoms with Crippen LogP contribution in [0.2, 0.25) is 0 Å². The Labute approximate surface area is 194 Å². The minimum absolute atomic E-state index is 0.0535. The molecule has 0 aliphatic rings. The lowest BCUT2D eigenvalue weighted by molar-refractivity contribution is -0.141. The smallest absolute Gasteiger partial charge is 0.242 e. The molecule has 0 spiro atoms. The van der Waals surface area contributed by atoms with Crippen LogP contribution >= 0.6 is 15.9 Å². The zero-order valence-corrected chi connectivity index (χ0v) is 20.4. The Morgan fingerprint density at radius 2 is 1.71 bits per heavy atom. The highest BCUT2D eigenvalue weighted by Crippen LogP contribution is 2.16. The number of carbonyl (C=O) groups excluding carboxylic acids is 2. The van der Waals surface area contributed by atoms with Crippen LogP contribution in [0.25, 0.3) is 0 Å². The molecule has 1 N–H and O–H groups in total. The summed E-state index contributed by atoms with van der Waals surface area (Å²) in [6.45, 7) is 8.65. The van der Waals surface area contributed by atoms with E-state index in [0.717, 1.165) is 22.2 Å². The number of amides is 2. The number of halogens is 1. The highest BCUT2D eigenvalue weighted by molar-refractivity contribution is 9.10. The summed E-state index contributed by atoms with van der Waals surface area (Å²) >= 11 is 3.43. The van der Waals surface area contributed by atoms with Gasteiger partial charge in [0.25, 0.3) is 0 Å². The van der Waals surface area contributed by atoms with Crippen LogP contribution in [0.1, 0.15) is 51.2 Å². The van der Waals surface area contributed by atoms with Crippen molar-refractivity contribution in [3.05, 3.63) is 64.1 Å². The van der Waals surface area contributed by atoms with Crippen molar-refractivity contribution in [2.24, 2.45) is 0 Å². The Balaban J connectivity index is 1.99. The van der Waals surface area contributed by atoms with Crippen molar-refractivity contribution in [2.45, 2.75) is 65.6 Å². The Morgan fingerprint density at radius 3 is 2.32 bits per heavy atom. The van der Waals surface area contributed by atoms with Crippen molar-refractivity contribution in [3.8, 4) is 5.75 Å². The van der Waals surface area contributed by atoms with Crippen molar-refractivity contribution in [1.29, 1.82) is 0 Å². The van der Waals surface area contributed by atoms with E-state index in [1.54, 1.807) is 11.8 Å². The van der Waals surface area contributed by atoms with Gasteiger partial charge >= 0.3 is 0 Å². The molecule has 2 aromatic rings. The summed E-state index contributed by atoms with van der Waals surface area (Å²) in [5, 5.41) is 2.99. The van der Waals surface area contributed by atoms with E-state index >= 15 is 0 Å². The van der Waals surface area contributed by atoms with Gasteiger partial charge in [-0.1, -0.05) is 52.7 Å². The van der Waals surface area contributed by atoms with Gasteiger partial charge in [-0.3, -0.25) is 9.59 Å². The molecule has 6 heteroatoms. The Morgan fingerprint density at radius 1 is 1.06 bits per heavy atom. The summed E-state index contributed by atoms with van der Waals surface area (Å²) in [6, 6.07) is 15.2. The molecule has 0 saturated heterocycles. The van der Waals surface area contributed by atoms with Gasteiger partial charge < -0.3 is 15.0 Å². The average Bonchev–Trinajstić information content (AvgIpc) is 2.76. The van der Waals surface area contributed by atoms with E-state index in [2.05, 4.69) is 21.2 Å². The zero-order valence-electron chi connectivity index (χ0n) is 18.9. The van der Waals surface area contributed by atoms with Gasteiger partial charge in [0, 0.05) is 23.5 Å². The van der Waals surface area contributed by atoms with Gasteiger partial charge in [-0.25, -0.2) is 0 Å². The Hall–Kier alpha value is -2.34. The molecule has 0 fully saturated rings. The third kappa shape index (κ3) is 8.37. The summed E-state index contributed by atoms with van der Waals surface area (Å²) in [4.78, 5) is 27.4. The number of benzene rings is 2. The molecule has 0 radical (unpaired) electrons. The van der Waals surface area contributed by atoms with Crippen molar-refractivity contribution >= 4 is 27.7 Å². The fraction of sp³-hybridized carbons (Fsp3) is 0.440. The zero-order chi connectivity index (χ0) is 22.8. The highest BCUT2D eigenvalue weighted by Gasteiger charge is 2.26. The van der Waals surface area contributed by atoms with E-state index in [9.17, 15) is 9.59 Å². The van der Waals surface area contributed by atoms with Crippen molar-refractivity contribution < 1.29 is 14.3 Å². The molecule has 2 atom stereocenters. The number of rotatable bonds is 11. The number of hydrogen-bond acceptors (Lipinski definition) is 3. The third-order valence-electron chi connectivity index (χ3n) is 5.26. The molecule has 168 valence electrons. The lowest BCUT2D eigenvalue weighted by Gasteiger charge is -2.29. The first-order valence-electron chi connectivity index (χ1n) is 10.8. The Bertz CT molecular complexity index is 837. The summed E-state index contributed by atoms with van der Waals surface area (Å²) in [6.07, 6.45) is 1.75. The van der Waals surface area contributed by atoms with Crippen LogP contribution in [0.5, 0.6) is 5.75 Å². The molecule has 0 aromatic heterocycles. The van der Waals surface area contributed by atoms with Crippen LogP contribution in [0.3, 0.4) is 0 Å². The molecule has 0 aliphatic carbocycles. The van der Waals surface area contributed by atoms with E-state index in [0.29, 0.717) is 26.0 Å². The van der Waals surface area contributed by atoms with Gasteiger partial charge in [0.2, 0.25) is 11.8 Å². The van der Waals surface area contributed by atoms with Gasteiger partial charge in [0.05, 0.1) is 6.61 Å². The van der Waals surface area contributed by atoms with Gasteiger partial charge in [0.15, 0.2) is 0 Å². The topological polar surface area (TPSA) is 58.6 Å². The quantitative estimate of drug-likeness (QED) is 0.439. The molecule has 0 unspecified atom stereocenters. The average molecular weight is 489 g/mol. The molecule has 0 heterocycles. The summed E-state index contributed by atoms with van der Waals surface area (Å²) in [5.74, 6) is 0.615. The standard InChI is InChI=1S/C25H33BrN2O3/c1-5-19(3)27-25(30)20(4)28(17-21-10-12-22(26)13-11-21)24(29)7-6-16-31-23-14-8-18(2)9-15-23/h8-15,19-20H,5-7,16-17H2,1-4H3,(H,27,30)/t19-,20+/m1/s1. The monoisotopic (exact) mass is 488 g/mol. The number of hydrogen-bond donors (Lipinski definition) is 1.